The van der Waals surface area contributed by atoms with Gasteiger partial charge in [-0.3, -0.25) is 10.1 Å². The first-order chi connectivity index (χ1) is 13.8. The molecule has 0 aliphatic carbocycles. The van der Waals surface area contributed by atoms with Gasteiger partial charge in [0.05, 0.1) is 26.5 Å². The summed E-state index contributed by atoms with van der Waals surface area (Å²) in [6.07, 6.45) is 0. The Kier molecular flexibility index (Phi) is 6.26. The number of para-hydroxylation sites is 2. The van der Waals surface area contributed by atoms with E-state index in [2.05, 4.69) is 10.3 Å². The summed E-state index contributed by atoms with van der Waals surface area (Å²) < 4.78 is 28.8. The third kappa shape index (κ3) is 4.01. The summed E-state index contributed by atoms with van der Waals surface area (Å²) in [5.74, 6) is -0.136. The van der Waals surface area contributed by atoms with Crippen LogP contribution in [0.4, 0.5) is 5.95 Å². The zero-order chi connectivity index (χ0) is 21.2. The molecule has 3 rings (SSSR count). The number of hydrogen-bond acceptors (Lipinski definition) is 4. The van der Waals surface area contributed by atoms with Crippen molar-refractivity contribution in [2.45, 2.75) is 32.2 Å². The van der Waals surface area contributed by atoms with Gasteiger partial charge in [0.2, 0.25) is 16.0 Å². The Hall–Kier alpha value is -2.42. The van der Waals surface area contributed by atoms with Crippen LogP contribution in [0.15, 0.2) is 47.4 Å². The second kappa shape index (κ2) is 8.52. The number of hydrogen-bond donors (Lipinski definition) is 1. The van der Waals surface area contributed by atoms with E-state index in [9.17, 15) is 13.2 Å². The van der Waals surface area contributed by atoms with Crippen LogP contribution in [0.2, 0.25) is 5.02 Å². The minimum Gasteiger partial charge on any atom is -0.310 e. The van der Waals surface area contributed by atoms with Gasteiger partial charge in [0.15, 0.2) is 0 Å². The van der Waals surface area contributed by atoms with Crippen molar-refractivity contribution in [1.29, 1.82) is 0 Å². The minimum absolute atomic E-state index is 0.0275. The summed E-state index contributed by atoms with van der Waals surface area (Å²) in [6.45, 7) is 6.76. The summed E-state index contributed by atoms with van der Waals surface area (Å²) >= 11 is 6.21. The van der Waals surface area contributed by atoms with Gasteiger partial charge in [0, 0.05) is 19.6 Å². The molecule has 0 saturated carbocycles. The maximum atomic E-state index is 12.9. The van der Waals surface area contributed by atoms with E-state index in [1.807, 2.05) is 35.8 Å². The summed E-state index contributed by atoms with van der Waals surface area (Å²) in [4.78, 5) is 17.4. The van der Waals surface area contributed by atoms with E-state index in [0.29, 0.717) is 25.6 Å². The molecule has 9 heteroatoms. The van der Waals surface area contributed by atoms with Gasteiger partial charge in [0.25, 0.3) is 5.91 Å². The largest absolute Gasteiger partial charge is 0.310 e. The molecule has 0 aliphatic heterocycles. The first kappa shape index (κ1) is 21.3. The average molecular weight is 435 g/mol. The van der Waals surface area contributed by atoms with E-state index in [1.54, 1.807) is 13.8 Å². The molecule has 1 amide bonds. The fourth-order valence-corrected chi connectivity index (χ4v) is 4.90. The Bertz CT molecular complexity index is 1150. The van der Waals surface area contributed by atoms with E-state index in [4.69, 9.17) is 11.6 Å². The van der Waals surface area contributed by atoms with E-state index in [0.717, 1.165) is 11.0 Å². The predicted octanol–water partition coefficient (Wildman–Crippen LogP) is 3.99. The van der Waals surface area contributed by atoms with E-state index >= 15 is 0 Å². The smallest absolute Gasteiger partial charge is 0.259 e. The lowest BCUT2D eigenvalue weighted by molar-refractivity contribution is 0.102. The fraction of sp³-hybridized carbons (Fsp3) is 0.300. The quantitative estimate of drug-likeness (QED) is 0.609. The number of carbonyl (C=O) groups excluding carboxylic acids is 1. The lowest BCUT2D eigenvalue weighted by Gasteiger charge is -2.19. The fourth-order valence-electron chi connectivity index (χ4n) is 3.21. The number of fused-ring (bicyclic) bond motifs is 1. The van der Waals surface area contributed by atoms with Gasteiger partial charge in [-0.15, -0.1) is 0 Å². The molecule has 0 aliphatic rings. The van der Waals surface area contributed by atoms with E-state index < -0.39 is 15.9 Å². The van der Waals surface area contributed by atoms with Crippen molar-refractivity contribution in [3.63, 3.8) is 0 Å². The van der Waals surface area contributed by atoms with Gasteiger partial charge in [-0.1, -0.05) is 37.6 Å². The van der Waals surface area contributed by atoms with E-state index in [1.165, 1.54) is 22.5 Å². The van der Waals surface area contributed by atoms with Crippen molar-refractivity contribution < 1.29 is 13.2 Å². The van der Waals surface area contributed by atoms with Crippen LogP contribution >= 0.6 is 11.6 Å². The number of benzene rings is 2. The Morgan fingerprint density at radius 1 is 1.14 bits per heavy atom. The van der Waals surface area contributed by atoms with Crippen molar-refractivity contribution >= 4 is 44.5 Å². The van der Waals surface area contributed by atoms with Crippen molar-refractivity contribution in [2.75, 3.05) is 18.4 Å². The van der Waals surface area contributed by atoms with Gasteiger partial charge in [-0.25, -0.2) is 13.4 Å². The summed E-state index contributed by atoms with van der Waals surface area (Å²) in [5.41, 5.74) is 1.73. The van der Waals surface area contributed by atoms with Gasteiger partial charge >= 0.3 is 0 Å². The summed E-state index contributed by atoms with van der Waals surface area (Å²) in [5, 5.41) is 2.93. The Morgan fingerprint density at radius 2 is 1.83 bits per heavy atom. The number of nitrogens with one attached hydrogen (secondary N) is 1. The molecule has 0 fully saturated rings. The molecule has 2 aromatic carbocycles. The number of anilines is 1. The number of aromatic nitrogens is 2. The molecule has 0 saturated heterocycles. The highest BCUT2D eigenvalue weighted by Gasteiger charge is 2.24. The van der Waals surface area contributed by atoms with Crippen molar-refractivity contribution in [1.82, 2.24) is 13.9 Å². The van der Waals surface area contributed by atoms with Crippen LogP contribution in [0.3, 0.4) is 0 Å². The number of amides is 1. The third-order valence-corrected chi connectivity index (χ3v) is 7.10. The lowest BCUT2D eigenvalue weighted by atomic mass is 10.2. The average Bonchev–Trinajstić information content (AvgIpc) is 3.05. The number of nitrogens with zero attached hydrogens (tertiary/aromatic N) is 3. The second-order valence-corrected chi connectivity index (χ2v) is 8.70. The second-order valence-electron chi connectivity index (χ2n) is 6.35. The topological polar surface area (TPSA) is 84.3 Å². The monoisotopic (exact) mass is 434 g/mol. The molecule has 7 nitrogen and oxygen atoms in total. The van der Waals surface area contributed by atoms with Crippen LogP contribution in [-0.2, 0) is 16.6 Å². The molecule has 3 aromatic rings. The third-order valence-electron chi connectivity index (χ3n) is 4.72. The summed E-state index contributed by atoms with van der Waals surface area (Å²) in [6, 6.07) is 11.7. The molecule has 0 atom stereocenters. The molecule has 0 bridgehead atoms. The maximum Gasteiger partial charge on any atom is 0.259 e. The highest BCUT2D eigenvalue weighted by atomic mass is 35.5. The molecule has 154 valence electrons. The van der Waals surface area contributed by atoms with Crippen molar-refractivity contribution in [2.24, 2.45) is 0 Å². The molecule has 1 N–H and O–H groups in total. The number of imidazole rings is 1. The van der Waals surface area contributed by atoms with Crippen LogP contribution in [0.5, 0.6) is 0 Å². The standard InChI is InChI=1S/C20H23ClN4O3S/c1-4-24(5-2)29(27,28)14-11-12-16(21)15(13-14)19(26)23-20-22-17-9-7-8-10-18(17)25(20)6-3/h7-13H,4-6H2,1-3H3,(H,22,23,26). The lowest BCUT2D eigenvalue weighted by Crippen LogP contribution is -2.30. The molecule has 0 radical (unpaired) electrons. The van der Waals surface area contributed by atoms with Gasteiger partial charge in [0.1, 0.15) is 0 Å². The molecule has 1 heterocycles. The number of aryl methyl sites for hydroxylation is 1. The van der Waals surface area contributed by atoms with Crippen molar-refractivity contribution in [3.8, 4) is 0 Å². The maximum absolute atomic E-state index is 12.9. The predicted molar refractivity (Wildman–Crippen MR) is 115 cm³/mol. The van der Waals surface area contributed by atoms with Crippen LogP contribution in [-0.4, -0.2) is 41.3 Å². The first-order valence-electron chi connectivity index (χ1n) is 9.39. The molecule has 1 aromatic heterocycles. The number of rotatable bonds is 7. The zero-order valence-corrected chi connectivity index (χ0v) is 18.1. The molecule has 0 unspecified atom stereocenters. The van der Waals surface area contributed by atoms with Crippen LogP contribution < -0.4 is 5.32 Å². The van der Waals surface area contributed by atoms with Crippen molar-refractivity contribution in [3.05, 3.63) is 53.1 Å². The Balaban J connectivity index is 1.98. The zero-order valence-electron chi connectivity index (χ0n) is 16.5. The molecule has 29 heavy (non-hydrogen) atoms. The van der Waals surface area contributed by atoms with Gasteiger partial charge in [-0.2, -0.15) is 4.31 Å². The SMILES string of the molecule is CCN(CC)S(=O)(=O)c1ccc(Cl)c(C(=O)Nc2nc3ccccc3n2CC)c1. The molecular weight excluding hydrogens is 412 g/mol. The molecule has 0 spiro atoms. The highest BCUT2D eigenvalue weighted by molar-refractivity contribution is 7.89. The number of sulfonamides is 1. The van der Waals surface area contributed by atoms with Crippen LogP contribution in [0.25, 0.3) is 11.0 Å². The van der Waals surface area contributed by atoms with Crippen LogP contribution in [0, 0.1) is 0 Å². The van der Waals surface area contributed by atoms with Gasteiger partial charge < -0.3 is 4.57 Å². The number of carbonyl (C=O) groups is 1. The Morgan fingerprint density at radius 3 is 2.48 bits per heavy atom. The van der Waals surface area contributed by atoms with E-state index in [-0.39, 0.29) is 15.5 Å². The van der Waals surface area contributed by atoms with Gasteiger partial charge in [-0.05, 0) is 37.3 Å². The highest BCUT2D eigenvalue weighted by Crippen LogP contribution is 2.25. The normalized spacial score (nSPS) is 11.9. The summed E-state index contributed by atoms with van der Waals surface area (Å²) in [7, 11) is -3.71. The first-order valence-corrected chi connectivity index (χ1v) is 11.2. The Labute approximate surface area is 175 Å². The molecular formula is C20H23ClN4O3S. The number of halogens is 1. The minimum atomic E-state index is -3.71. The van der Waals surface area contributed by atoms with Crippen LogP contribution in [0.1, 0.15) is 31.1 Å².